The van der Waals surface area contributed by atoms with Gasteiger partial charge in [-0.3, -0.25) is 4.98 Å². The number of aromatic nitrogens is 1. The quantitative estimate of drug-likeness (QED) is 0.747. The van der Waals surface area contributed by atoms with E-state index >= 15 is 0 Å². The largest absolute Gasteiger partial charge is 0.392 e. The van der Waals surface area contributed by atoms with Crippen LogP contribution in [-0.2, 0) is 5.41 Å². The van der Waals surface area contributed by atoms with E-state index in [2.05, 4.69) is 18.0 Å². The third-order valence-corrected chi connectivity index (χ3v) is 3.01. The first-order chi connectivity index (χ1) is 6.15. The molecular weight excluding hydrogens is 162 g/mol. The van der Waals surface area contributed by atoms with Gasteiger partial charge in [0.15, 0.2) is 0 Å². The van der Waals surface area contributed by atoms with Crippen molar-refractivity contribution in [3.05, 3.63) is 29.6 Å². The summed E-state index contributed by atoms with van der Waals surface area (Å²) in [6.45, 7) is 3.92. The fourth-order valence-electron chi connectivity index (χ4n) is 1.83. The molecule has 0 aromatic carbocycles. The van der Waals surface area contributed by atoms with Crippen molar-refractivity contribution in [1.82, 2.24) is 4.98 Å². The van der Waals surface area contributed by atoms with Crippen LogP contribution >= 0.6 is 0 Å². The molecule has 1 aliphatic carbocycles. The zero-order chi connectivity index (χ0) is 9.47. The highest BCUT2D eigenvalue weighted by atomic mass is 16.3. The van der Waals surface area contributed by atoms with Gasteiger partial charge in [0.1, 0.15) is 0 Å². The molecule has 2 nitrogen and oxygen atoms in total. The normalized spacial score (nSPS) is 21.2. The molecule has 0 amide bonds. The van der Waals surface area contributed by atoms with Gasteiger partial charge in [0.25, 0.3) is 0 Å². The maximum Gasteiger partial charge on any atom is 0.0623 e. The SMILES string of the molecule is Cc1ccnc(C2(C(C)O)CC2)c1. The van der Waals surface area contributed by atoms with Gasteiger partial charge in [-0.2, -0.15) is 0 Å². The molecule has 70 valence electrons. The number of pyridine rings is 1. The minimum Gasteiger partial charge on any atom is -0.392 e. The van der Waals surface area contributed by atoms with E-state index in [-0.39, 0.29) is 11.5 Å². The molecule has 0 aliphatic heterocycles. The number of aliphatic hydroxyl groups excluding tert-OH is 1. The second-order valence-electron chi connectivity index (χ2n) is 4.05. The summed E-state index contributed by atoms with van der Waals surface area (Å²) in [5.74, 6) is 0. The molecule has 1 heterocycles. The lowest BCUT2D eigenvalue weighted by molar-refractivity contribution is 0.148. The number of aliphatic hydroxyl groups is 1. The average molecular weight is 177 g/mol. The number of hydrogen-bond acceptors (Lipinski definition) is 2. The van der Waals surface area contributed by atoms with Crippen LogP contribution in [0.4, 0.5) is 0 Å². The van der Waals surface area contributed by atoms with E-state index in [1.807, 2.05) is 19.2 Å². The van der Waals surface area contributed by atoms with Crippen LogP contribution in [0, 0.1) is 6.92 Å². The fourth-order valence-corrected chi connectivity index (χ4v) is 1.83. The lowest BCUT2D eigenvalue weighted by Gasteiger charge is -2.17. The lowest BCUT2D eigenvalue weighted by atomic mass is 9.95. The second kappa shape index (κ2) is 2.81. The van der Waals surface area contributed by atoms with Crippen molar-refractivity contribution < 1.29 is 5.11 Å². The minimum absolute atomic E-state index is 0.0218. The first-order valence-corrected chi connectivity index (χ1v) is 4.76. The molecule has 1 aromatic rings. The Balaban J connectivity index is 2.35. The van der Waals surface area contributed by atoms with Crippen molar-refractivity contribution in [3.63, 3.8) is 0 Å². The van der Waals surface area contributed by atoms with Gasteiger partial charge in [0.2, 0.25) is 0 Å². The molecule has 1 aromatic heterocycles. The molecule has 0 saturated heterocycles. The minimum atomic E-state index is -0.276. The van der Waals surface area contributed by atoms with Gasteiger partial charge < -0.3 is 5.11 Å². The molecule has 1 unspecified atom stereocenters. The van der Waals surface area contributed by atoms with E-state index in [4.69, 9.17) is 0 Å². The molecule has 0 radical (unpaired) electrons. The molecule has 2 rings (SSSR count). The Morgan fingerprint density at radius 2 is 2.23 bits per heavy atom. The Labute approximate surface area is 78.6 Å². The Hall–Kier alpha value is -0.890. The number of nitrogens with zero attached hydrogens (tertiary/aromatic N) is 1. The van der Waals surface area contributed by atoms with Crippen molar-refractivity contribution >= 4 is 0 Å². The van der Waals surface area contributed by atoms with Crippen molar-refractivity contribution in [3.8, 4) is 0 Å². The van der Waals surface area contributed by atoms with Crippen molar-refractivity contribution in [2.45, 2.75) is 38.2 Å². The topological polar surface area (TPSA) is 33.1 Å². The van der Waals surface area contributed by atoms with E-state index in [0.717, 1.165) is 18.5 Å². The summed E-state index contributed by atoms with van der Waals surface area (Å²) < 4.78 is 0. The molecule has 0 spiro atoms. The summed E-state index contributed by atoms with van der Waals surface area (Å²) in [5, 5.41) is 9.65. The van der Waals surface area contributed by atoms with E-state index in [1.54, 1.807) is 0 Å². The standard InChI is InChI=1S/C11H15NO/c1-8-3-6-12-10(7-8)11(4-5-11)9(2)13/h3,6-7,9,13H,4-5H2,1-2H3. The van der Waals surface area contributed by atoms with Crippen LogP contribution in [0.15, 0.2) is 18.3 Å². The van der Waals surface area contributed by atoms with Gasteiger partial charge in [-0.25, -0.2) is 0 Å². The highest BCUT2D eigenvalue weighted by molar-refractivity contribution is 5.29. The van der Waals surface area contributed by atoms with Gasteiger partial charge in [0.05, 0.1) is 6.10 Å². The van der Waals surface area contributed by atoms with Gasteiger partial charge in [0, 0.05) is 17.3 Å². The summed E-state index contributed by atoms with van der Waals surface area (Å²) in [6, 6.07) is 4.07. The maximum absolute atomic E-state index is 9.65. The van der Waals surface area contributed by atoms with E-state index in [1.165, 1.54) is 5.56 Å². The van der Waals surface area contributed by atoms with Crippen LogP contribution in [0.1, 0.15) is 31.0 Å². The van der Waals surface area contributed by atoms with Crippen molar-refractivity contribution in [2.75, 3.05) is 0 Å². The van der Waals surface area contributed by atoms with Crippen molar-refractivity contribution in [2.24, 2.45) is 0 Å². The Kier molecular flexibility index (Phi) is 1.88. The van der Waals surface area contributed by atoms with Crippen LogP contribution in [-0.4, -0.2) is 16.2 Å². The monoisotopic (exact) mass is 177 g/mol. The number of aryl methyl sites for hydroxylation is 1. The summed E-state index contributed by atoms with van der Waals surface area (Å²) in [4.78, 5) is 4.34. The van der Waals surface area contributed by atoms with Gasteiger partial charge in [-0.15, -0.1) is 0 Å². The third kappa shape index (κ3) is 1.35. The van der Waals surface area contributed by atoms with Crippen LogP contribution in [0.2, 0.25) is 0 Å². The molecule has 1 atom stereocenters. The first-order valence-electron chi connectivity index (χ1n) is 4.76. The lowest BCUT2D eigenvalue weighted by Crippen LogP contribution is -2.23. The first kappa shape index (κ1) is 8.70. The van der Waals surface area contributed by atoms with Crippen LogP contribution in [0.3, 0.4) is 0 Å². The molecule has 2 heteroatoms. The highest BCUT2D eigenvalue weighted by Crippen LogP contribution is 2.50. The molecule has 0 bridgehead atoms. The number of rotatable bonds is 2. The van der Waals surface area contributed by atoms with Gasteiger partial charge in [-0.05, 0) is 44.4 Å². The van der Waals surface area contributed by atoms with Gasteiger partial charge in [-0.1, -0.05) is 0 Å². The van der Waals surface area contributed by atoms with E-state index in [0.29, 0.717) is 0 Å². The summed E-state index contributed by atoms with van der Waals surface area (Å²) in [6.07, 6.45) is 3.69. The third-order valence-electron chi connectivity index (χ3n) is 3.01. The molecule has 1 N–H and O–H groups in total. The zero-order valence-electron chi connectivity index (χ0n) is 8.12. The summed E-state index contributed by atoms with van der Waals surface area (Å²) in [5.41, 5.74) is 2.26. The van der Waals surface area contributed by atoms with Crippen LogP contribution in [0.25, 0.3) is 0 Å². The zero-order valence-corrected chi connectivity index (χ0v) is 8.12. The average Bonchev–Trinajstić information content (AvgIpc) is 2.83. The fraction of sp³-hybridized carbons (Fsp3) is 0.545. The summed E-state index contributed by atoms with van der Waals surface area (Å²) in [7, 11) is 0. The van der Waals surface area contributed by atoms with Crippen LogP contribution < -0.4 is 0 Å². The highest BCUT2D eigenvalue weighted by Gasteiger charge is 2.49. The Morgan fingerprint density at radius 3 is 2.69 bits per heavy atom. The molecule has 1 fully saturated rings. The van der Waals surface area contributed by atoms with Crippen LogP contribution in [0.5, 0.6) is 0 Å². The summed E-state index contributed by atoms with van der Waals surface area (Å²) >= 11 is 0. The molecule has 1 aliphatic rings. The predicted octanol–water partition coefficient (Wildman–Crippen LogP) is 1.80. The number of hydrogen-bond donors (Lipinski definition) is 1. The van der Waals surface area contributed by atoms with Gasteiger partial charge >= 0.3 is 0 Å². The molecule has 1 saturated carbocycles. The molecule has 13 heavy (non-hydrogen) atoms. The second-order valence-corrected chi connectivity index (χ2v) is 4.05. The maximum atomic E-state index is 9.65. The Bertz CT molecular complexity index is 316. The van der Waals surface area contributed by atoms with Crippen molar-refractivity contribution in [1.29, 1.82) is 0 Å². The Morgan fingerprint density at radius 1 is 1.54 bits per heavy atom. The smallest absolute Gasteiger partial charge is 0.0623 e. The van der Waals surface area contributed by atoms with E-state index in [9.17, 15) is 5.11 Å². The molecular formula is C11H15NO. The van der Waals surface area contributed by atoms with E-state index < -0.39 is 0 Å². The predicted molar refractivity (Wildman–Crippen MR) is 51.6 cm³/mol.